The van der Waals surface area contributed by atoms with Gasteiger partial charge >= 0.3 is 0 Å². The molecule has 3 atom stereocenters. The van der Waals surface area contributed by atoms with Crippen LogP contribution in [0, 0.1) is 5.92 Å². The second kappa shape index (κ2) is 13.5. The van der Waals surface area contributed by atoms with E-state index < -0.39 is 48.8 Å². The number of carbonyl (C=O) groups is 3. The van der Waals surface area contributed by atoms with Crippen molar-refractivity contribution < 1.29 is 29.4 Å². The van der Waals surface area contributed by atoms with Crippen LogP contribution in [0.15, 0.2) is 0 Å². The maximum absolute atomic E-state index is 12.3. The third-order valence-electron chi connectivity index (χ3n) is 3.69. The number of rotatable bonds is 14. The number of hydrogen-bond acceptors (Lipinski definition) is 7. The predicted molar refractivity (Wildman–Crippen MR) is 90.0 cm³/mol. The van der Waals surface area contributed by atoms with Gasteiger partial charge in [-0.25, -0.2) is 0 Å². The van der Waals surface area contributed by atoms with Crippen LogP contribution in [0.1, 0.15) is 39.0 Å². The molecule has 2 amide bonds. The number of hydrogen-bond donors (Lipinski definition) is 5. The average molecular weight is 358 g/mol. The van der Waals surface area contributed by atoms with Gasteiger partial charge in [0.05, 0.1) is 25.7 Å². The lowest BCUT2D eigenvalue weighted by Gasteiger charge is -2.22. The highest BCUT2D eigenvalue weighted by molar-refractivity contribution is 5.99. The number of nitrogens with two attached hydrogens (primary N) is 1. The van der Waals surface area contributed by atoms with Crippen molar-refractivity contribution in [2.24, 2.45) is 11.7 Å². The Morgan fingerprint density at radius 1 is 1.04 bits per heavy atom. The molecule has 0 aromatic heterocycles. The number of aliphatic hydroxyl groups is 2. The fourth-order valence-corrected chi connectivity index (χ4v) is 2.20. The molecule has 0 aliphatic heterocycles. The van der Waals surface area contributed by atoms with Gasteiger partial charge in [0.15, 0.2) is 5.78 Å². The SMILES string of the molecule is CCCCCCC([C]=O)C(=O)[C@H](CO)NC(=O)[C@H](CO)NC(=O)CN. The molecule has 0 rings (SSSR count). The molecule has 0 saturated heterocycles. The Kier molecular flexibility index (Phi) is 12.5. The summed E-state index contributed by atoms with van der Waals surface area (Å²) in [6, 6.07) is -2.62. The largest absolute Gasteiger partial charge is 0.394 e. The molecule has 25 heavy (non-hydrogen) atoms. The molecule has 9 nitrogen and oxygen atoms in total. The van der Waals surface area contributed by atoms with Crippen LogP contribution in [0.25, 0.3) is 0 Å². The van der Waals surface area contributed by atoms with E-state index >= 15 is 0 Å². The minimum absolute atomic E-state index is 0.294. The number of aliphatic hydroxyl groups excluding tert-OH is 2. The molecule has 0 saturated carbocycles. The number of unbranched alkanes of at least 4 members (excludes halogenated alkanes) is 3. The molecule has 143 valence electrons. The molecule has 9 heteroatoms. The van der Waals surface area contributed by atoms with E-state index in [-0.39, 0.29) is 6.54 Å². The summed E-state index contributed by atoms with van der Waals surface area (Å²) in [5.41, 5.74) is 5.11. The Morgan fingerprint density at radius 2 is 1.68 bits per heavy atom. The van der Waals surface area contributed by atoms with Crippen LogP contribution in [0.3, 0.4) is 0 Å². The van der Waals surface area contributed by atoms with Crippen LogP contribution in [0.2, 0.25) is 0 Å². The van der Waals surface area contributed by atoms with Gasteiger partial charge in [-0.05, 0) is 6.42 Å². The standard InChI is InChI=1S/C16H28N3O6/c1-2-3-4-5-6-11(8-20)15(24)12(9-21)19-16(25)13(10-22)18-14(23)7-17/h11-13,21-22H,2-7,9-10,17H2,1H3,(H,18,23)(H,19,25)/t11?,12-,13-/m0/s1. The van der Waals surface area contributed by atoms with Crippen molar-refractivity contribution in [3.8, 4) is 0 Å². The van der Waals surface area contributed by atoms with E-state index in [0.29, 0.717) is 12.8 Å². The number of ketones is 1. The van der Waals surface area contributed by atoms with Gasteiger partial charge in [-0.15, -0.1) is 0 Å². The van der Waals surface area contributed by atoms with Gasteiger partial charge in [0.2, 0.25) is 18.1 Å². The van der Waals surface area contributed by atoms with Gasteiger partial charge in [0, 0.05) is 0 Å². The van der Waals surface area contributed by atoms with E-state index in [0.717, 1.165) is 19.3 Å². The average Bonchev–Trinajstić information content (AvgIpc) is 2.63. The van der Waals surface area contributed by atoms with Crippen molar-refractivity contribution in [3.05, 3.63) is 0 Å². The van der Waals surface area contributed by atoms with Gasteiger partial charge in [-0.1, -0.05) is 32.6 Å². The Morgan fingerprint density at radius 3 is 2.16 bits per heavy atom. The maximum atomic E-state index is 12.3. The molecular weight excluding hydrogens is 330 g/mol. The molecule has 0 aromatic carbocycles. The summed E-state index contributed by atoms with van der Waals surface area (Å²) in [6.07, 6.45) is 5.48. The Bertz CT molecular complexity index is 444. The van der Waals surface area contributed by atoms with E-state index in [4.69, 9.17) is 10.8 Å². The molecule has 0 aromatic rings. The van der Waals surface area contributed by atoms with Crippen molar-refractivity contribution in [1.82, 2.24) is 10.6 Å². The highest BCUT2D eigenvalue weighted by Crippen LogP contribution is 2.12. The summed E-state index contributed by atoms with van der Waals surface area (Å²) in [5.74, 6) is -3.20. The molecule has 1 radical (unpaired) electrons. The first kappa shape index (κ1) is 23.2. The summed E-state index contributed by atoms with van der Waals surface area (Å²) < 4.78 is 0. The third kappa shape index (κ3) is 8.71. The van der Waals surface area contributed by atoms with Crippen LogP contribution in [-0.2, 0) is 19.2 Å². The van der Waals surface area contributed by atoms with Crippen molar-refractivity contribution in [1.29, 1.82) is 0 Å². The van der Waals surface area contributed by atoms with E-state index in [1.54, 1.807) is 6.29 Å². The van der Waals surface area contributed by atoms with Crippen LogP contribution in [0.5, 0.6) is 0 Å². The Hall–Kier alpha value is -1.84. The fourth-order valence-electron chi connectivity index (χ4n) is 2.20. The zero-order valence-electron chi connectivity index (χ0n) is 14.5. The van der Waals surface area contributed by atoms with Crippen molar-refractivity contribution in [2.75, 3.05) is 19.8 Å². The van der Waals surface area contributed by atoms with Crippen molar-refractivity contribution in [2.45, 2.75) is 51.1 Å². The lowest BCUT2D eigenvalue weighted by molar-refractivity contribution is -0.133. The smallest absolute Gasteiger partial charge is 0.245 e. The Balaban J connectivity index is 4.75. The van der Waals surface area contributed by atoms with Crippen molar-refractivity contribution >= 4 is 23.9 Å². The van der Waals surface area contributed by atoms with Gasteiger partial charge in [0.1, 0.15) is 12.1 Å². The number of carbonyl (C=O) groups excluding carboxylic acids is 4. The quantitative estimate of drug-likeness (QED) is 0.180. The van der Waals surface area contributed by atoms with Crippen LogP contribution < -0.4 is 16.4 Å². The number of amides is 2. The third-order valence-corrected chi connectivity index (χ3v) is 3.69. The summed E-state index contributed by atoms with van der Waals surface area (Å²) in [6.45, 7) is 0.254. The first-order valence-electron chi connectivity index (χ1n) is 8.37. The minimum atomic E-state index is -1.31. The van der Waals surface area contributed by atoms with E-state index in [2.05, 4.69) is 10.6 Å². The van der Waals surface area contributed by atoms with Gasteiger partial charge in [-0.3, -0.25) is 19.2 Å². The monoisotopic (exact) mass is 358 g/mol. The lowest BCUT2D eigenvalue weighted by atomic mass is 9.93. The first-order chi connectivity index (χ1) is 11.9. The first-order valence-corrected chi connectivity index (χ1v) is 8.37. The zero-order valence-corrected chi connectivity index (χ0v) is 14.5. The van der Waals surface area contributed by atoms with Gasteiger partial charge in [0.25, 0.3) is 0 Å². The van der Waals surface area contributed by atoms with Crippen molar-refractivity contribution in [3.63, 3.8) is 0 Å². The predicted octanol–water partition coefficient (Wildman–Crippen LogP) is -1.84. The van der Waals surface area contributed by atoms with Gasteiger partial charge < -0.3 is 26.6 Å². The van der Waals surface area contributed by atoms with E-state index in [9.17, 15) is 24.3 Å². The lowest BCUT2D eigenvalue weighted by Crippen LogP contribution is -2.55. The van der Waals surface area contributed by atoms with Gasteiger partial charge in [-0.2, -0.15) is 0 Å². The molecule has 0 aliphatic rings. The summed E-state index contributed by atoms with van der Waals surface area (Å²) in [7, 11) is 0. The summed E-state index contributed by atoms with van der Waals surface area (Å²) in [4.78, 5) is 46.6. The molecule has 0 spiro atoms. The summed E-state index contributed by atoms with van der Waals surface area (Å²) in [5, 5.41) is 22.9. The second-order valence-corrected chi connectivity index (χ2v) is 5.67. The molecule has 0 bridgehead atoms. The zero-order chi connectivity index (χ0) is 19.2. The number of Topliss-reactive ketones (excluding diaryl/α,β-unsaturated/α-hetero) is 1. The van der Waals surface area contributed by atoms with Crippen LogP contribution in [0.4, 0.5) is 0 Å². The number of nitrogens with one attached hydrogen (secondary N) is 2. The maximum Gasteiger partial charge on any atom is 0.245 e. The molecule has 0 aliphatic carbocycles. The highest BCUT2D eigenvalue weighted by atomic mass is 16.3. The van der Waals surface area contributed by atoms with E-state index in [1.807, 2.05) is 6.92 Å². The molecule has 1 unspecified atom stereocenters. The fraction of sp³-hybridized carbons (Fsp3) is 0.750. The molecule has 6 N–H and O–H groups in total. The molecule has 0 fully saturated rings. The Labute approximate surface area is 147 Å². The molecule has 0 heterocycles. The minimum Gasteiger partial charge on any atom is -0.394 e. The highest BCUT2D eigenvalue weighted by Gasteiger charge is 2.30. The van der Waals surface area contributed by atoms with Crippen LogP contribution in [-0.4, -0.2) is 65.9 Å². The second-order valence-electron chi connectivity index (χ2n) is 5.67. The topological polar surface area (TPSA) is 159 Å². The normalized spacial score (nSPS) is 14.2. The molecular formula is C16H28N3O6. The van der Waals surface area contributed by atoms with E-state index in [1.165, 1.54) is 0 Å². The van der Waals surface area contributed by atoms with Crippen LogP contribution >= 0.6 is 0 Å². The summed E-state index contributed by atoms with van der Waals surface area (Å²) >= 11 is 0.